The van der Waals surface area contributed by atoms with Gasteiger partial charge in [0.05, 0.1) is 7.11 Å². The summed E-state index contributed by atoms with van der Waals surface area (Å²) in [4.78, 5) is 0.244. The molecule has 0 amide bonds. The van der Waals surface area contributed by atoms with Crippen molar-refractivity contribution in [1.29, 1.82) is 0 Å². The molecule has 1 saturated carbocycles. The molecule has 174 valence electrons. The SMILES string of the molecule is COc1ccc(C2(c3ccc(Oc4ccc(S(=O)[O-])cc4)cc3)CC(C)CC(C)(C)C2)cc1. The first kappa shape index (κ1) is 23.5. The molecule has 3 unspecified atom stereocenters. The van der Waals surface area contributed by atoms with Crippen LogP contribution in [-0.4, -0.2) is 15.9 Å². The van der Waals surface area contributed by atoms with E-state index in [1.807, 2.05) is 12.1 Å². The second-order valence-electron chi connectivity index (χ2n) is 10.00. The Balaban J connectivity index is 1.66. The number of benzene rings is 3. The first-order valence-corrected chi connectivity index (χ1v) is 12.4. The predicted molar refractivity (Wildman–Crippen MR) is 131 cm³/mol. The first-order valence-electron chi connectivity index (χ1n) is 11.3. The molecule has 0 aliphatic heterocycles. The number of ether oxygens (including phenoxy) is 2. The molecular formula is C28H31O4S-. The van der Waals surface area contributed by atoms with E-state index in [1.165, 1.54) is 29.7 Å². The van der Waals surface area contributed by atoms with E-state index in [1.54, 1.807) is 19.2 Å². The predicted octanol–water partition coefficient (Wildman–Crippen LogP) is 6.86. The fraction of sp³-hybridized carbons (Fsp3) is 0.357. The fourth-order valence-electron chi connectivity index (χ4n) is 5.69. The average Bonchev–Trinajstić information content (AvgIpc) is 2.78. The number of hydrogen-bond acceptors (Lipinski definition) is 4. The van der Waals surface area contributed by atoms with E-state index < -0.39 is 11.1 Å². The van der Waals surface area contributed by atoms with E-state index in [-0.39, 0.29) is 15.7 Å². The monoisotopic (exact) mass is 463 g/mol. The van der Waals surface area contributed by atoms with E-state index in [4.69, 9.17) is 9.47 Å². The fourth-order valence-corrected chi connectivity index (χ4v) is 6.04. The minimum Gasteiger partial charge on any atom is -0.768 e. The maximum absolute atomic E-state index is 11.1. The van der Waals surface area contributed by atoms with Crippen molar-refractivity contribution >= 4 is 11.1 Å². The van der Waals surface area contributed by atoms with Crippen molar-refractivity contribution in [2.24, 2.45) is 11.3 Å². The molecular weight excluding hydrogens is 432 g/mol. The first-order chi connectivity index (χ1) is 15.7. The van der Waals surface area contributed by atoms with Crippen molar-refractivity contribution in [3.8, 4) is 17.2 Å². The Kier molecular flexibility index (Phi) is 6.64. The summed E-state index contributed by atoms with van der Waals surface area (Å²) in [5.74, 6) is 2.81. The van der Waals surface area contributed by atoms with E-state index in [0.29, 0.717) is 11.7 Å². The average molecular weight is 464 g/mol. The largest absolute Gasteiger partial charge is 0.768 e. The highest BCUT2D eigenvalue weighted by atomic mass is 32.2. The summed E-state index contributed by atoms with van der Waals surface area (Å²) in [7, 11) is 1.70. The van der Waals surface area contributed by atoms with E-state index in [2.05, 4.69) is 57.2 Å². The lowest BCUT2D eigenvalue weighted by Crippen LogP contribution is -2.41. The lowest BCUT2D eigenvalue weighted by molar-refractivity contribution is 0.127. The van der Waals surface area contributed by atoms with Crippen molar-refractivity contribution < 1.29 is 18.2 Å². The normalized spacial score (nSPS) is 23.0. The second-order valence-corrected chi connectivity index (χ2v) is 10.9. The van der Waals surface area contributed by atoms with Gasteiger partial charge in [0.25, 0.3) is 0 Å². The molecule has 0 saturated heterocycles. The van der Waals surface area contributed by atoms with Crippen LogP contribution in [0.2, 0.25) is 0 Å². The van der Waals surface area contributed by atoms with Crippen LogP contribution in [0.25, 0.3) is 0 Å². The molecule has 0 radical (unpaired) electrons. The zero-order valence-electron chi connectivity index (χ0n) is 19.7. The van der Waals surface area contributed by atoms with Gasteiger partial charge in [-0.25, -0.2) is 0 Å². The zero-order valence-corrected chi connectivity index (χ0v) is 20.5. The summed E-state index contributed by atoms with van der Waals surface area (Å²) >= 11 is -2.24. The van der Waals surface area contributed by atoms with Crippen molar-refractivity contribution in [3.05, 3.63) is 83.9 Å². The molecule has 5 heteroatoms. The minimum atomic E-state index is -2.24. The Labute approximate surface area is 199 Å². The molecule has 4 rings (SSSR count). The molecule has 1 fully saturated rings. The highest BCUT2D eigenvalue weighted by Gasteiger charge is 2.45. The van der Waals surface area contributed by atoms with Gasteiger partial charge in [-0.05, 0) is 101 Å². The van der Waals surface area contributed by atoms with Crippen LogP contribution in [0, 0.1) is 11.3 Å². The van der Waals surface area contributed by atoms with Crippen LogP contribution in [0.1, 0.15) is 51.2 Å². The van der Waals surface area contributed by atoms with Crippen molar-refractivity contribution in [2.45, 2.75) is 50.3 Å². The smallest absolute Gasteiger partial charge is 0.127 e. The van der Waals surface area contributed by atoms with Crippen molar-refractivity contribution in [2.75, 3.05) is 7.11 Å². The van der Waals surface area contributed by atoms with Gasteiger partial charge in [-0.2, -0.15) is 0 Å². The summed E-state index contributed by atoms with van der Waals surface area (Å²) < 4.78 is 33.5. The lowest BCUT2D eigenvalue weighted by Gasteiger charge is -2.48. The Bertz CT molecular complexity index is 1100. The van der Waals surface area contributed by atoms with Gasteiger partial charge < -0.3 is 14.0 Å². The van der Waals surface area contributed by atoms with E-state index in [0.717, 1.165) is 24.3 Å². The molecule has 1 aliphatic carbocycles. The maximum Gasteiger partial charge on any atom is 0.127 e. The molecule has 0 N–H and O–H groups in total. The molecule has 33 heavy (non-hydrogen) atoms. The Morgan fingerprint density at radius 3 is 1.76 bits per heavy atom. The Hall–Kier alpha value is -2.63. The molecule has 3 atom stereocenters. The van der Waals surface area contributed by atoms with Gasteiger partial charge in [-0.15, -0.1) is 0 Å². The van der Waals surface area contributed by atoms with Crippen LogP contribution in [0.3, 0.4) is 0 Å². The van der Waals surface area contributed by atoms with Crippen molar-refractivity contribution in [1.82, 2.24) is 0 Å². The molecule has 1 aliphatic rings. The number of methoxy groups -OCH3 is 1. The number of hydrogen-bond donors (Lipinski definition) is 0. The molecule has 0 heterocycles. The standard InChI is InChI=1S/C28H32O4S/c1-20-17-27(2,3)19-28(18-20,21-5-9-23(31-4)10-6-21)22-7-11-24(12-8-22)32-25-13-15-26(16-14-25)33(29)30/h5-16,20H,17-19H2,1-4H3,(H,29,30)/p-1. The topological polar surface area (TPSA) is 58.6 Å². The summed E-state index contributed by atoms with van der Waals surface area (Å²) in [5.41, 5.74) is 2.76. The summed E-state index contributed by atoms with van der Waals surface area (Å²) in [6.07, 6.45) is 3.39. The molecule has 0 bridgehead atoms. The third-order valence-electron chi connectivity index (χ3n) is 6.68. The molecule has 4 nitrogen and oxygen atoms in total. The molecule has 3 aromatic carbocycles. The third kappa shape index (κ3) is 5.15. The summed E-state index contributed by atoms with van der Waals surface area (Å²) in [5, 5.41) is 0. The van der Waals surface area contributed by atoms with Gasteiger partial charge in [0.2, 0.25) is 0 Å². The van der Waals surface area contributed by atoms with Gasteiger partial charge in [0, 0.05) is 10.3 Å². The molecule has 0 aromatic heterocycles. The Morgan fingerprint density at radius 2 is 1.30 bits per heavy atom. The van der Waals surface area contributed by atoms with Gasteiger partial charge in [-0.1, -0.05) is 45.0 Å². The Morgan fingerprint density at radius 1 is 0.818 bits per heavy atom. The molecule has 0 spiro atoms. The summed E-state index contributed by atoms with van der Waals surface area (Å²) in [6, 6.07) is 23.3. The maximum atomic E-state index is 11.1. The zero-order chi connectivity index (χ0) is 23.6. The lowest BCUT2D eigenvalue weighted by atomic mass is 9.55. The van der Waals surface area contributed by atoms with Crippen LogP contribution >= 0.6 is 0 Å². The quantitative estimate of drug-likeness (QED) is 0.375. The van der Waals surface area contributed by atoms with Gasteiger partial charge in [-0.3, -0.25) is 4.21 Å². The minimum absolute atomic E-state index is 0.0776. The van der Waals surface area contributed by atoms with Gasteiger partial charge in [0.15, 0.2) is 0 Å². The van der Waals surface area contributed by atoms with Crippen LogP contribution in [0.5, 0.6) is 17.2 Å². The third-order valence-corrected chi connectivity index (χ3v) is 7.34. The van der Waals surface area contributed by atoms with Crippen molar-refractivity contribution in [3.63, 3.8) is 0 Å². The number of rotatable bonds is 6. The van der Waals surface area contributed by atoms with Crippen LogP contribution in [-0.2, 0) is 16.5 Å². The summed E-state index contributed by atoms with van der Waals surface area (Å²) in [6.45, 7) is 7.10. The van der Waals surface area contributed by atoms with Gasteiger partial charge in [0.1, 0.15) is 17.2 Å². The van der Waals surface area contributed by atoms with Crippen LogP contribution in [0.15, 0.2) is 77.7 Å². The van der Waals surface area contributed by atoms with Crippen LogP contribution in [0.4, 0.5) is 0 Å². The van der Waals surface area contributed by atoms with E-state index >= 15 is 0 Å². The highest BCUT2D eigenvalue weighted by Crippen LogP contribution is 2.53. The second kappa shape index (κ2) is 9.32. The van der Waals surface area contributed by atoms with E-state index in [9.17, 15) is 8.76 Å². The van der Waals surface area contributed by atoms with Crippen LogP contribution < -0.4 is 9.47 Å². The van der Waals surface area contributed by atoms with Gasteiger partial charge >= 0.3 is 0 Å². The highest BCUT2D eigenvalue weighted by molar-refractivity contribution is 7.79. The molecule has 3 aromatic rings.